The normalized spacial score (nSPS) is 11.7. The van der Waals surface area contributed by atoms with Gasteiger partial charge in [-0.15, -0.1) is 0 Å². The predicted octanol–water partition coefficient (Wildman–Crippen LogP) is 2.79. The molecule has 0 heterocycles. The highest BCUT2D eigenvalue weighted by atomic mass is 32.2. The molecule has 13 heavy (non-hydrogen) atoms. The van der Waals surface area contributed by atoms with Gasteiger partial charge in [0.2, 0.25) is 0 Å². The smallest absolute Gasteiger partial charge is 0.181 e. The summed E-state index contributed by atoms with van der Waals surface area (Å²) in [5, 5.41) is 1.31. The molecule has 1 nitrogen and oxygen atoms in total. The second-order valence-corrected chi connectivity index (χ2v) is 7.11. The fraction of sp³-hybridized carbons (Fsp3) is 0.909. The quantitative estimate of drug-likeness (QED) is 0.607. The number of hydrogen-bond donors (Lipinski definition) is 0. The number of ketones is 1. The summed E-state index contributed by atoms with van der Waals surface area (Å²) in [5.74, 6) is 1.26. The molecule has 0 amide bonds. The van der Waals surface area contributed by atoms with Gasteiger partial charge in [0.05, 0.1) is 0 Å². The zero-order chi connectivity index (χ0) is 10.4. The molecule has 0 saturated carbocycles. The summed E-state index contributed by atoms with van der Waals surface area (Å²) < 4.78 is 0. The van der Waals surface area contributed by atoms with Gasteiger partial charge < -0.3 is 0 Å². The third-order valence-electron chi connectivity index (χ3n) is 2.07. The van der Waals surface area contributed by atoms with Crippen molar-refractivity contribution in [1.82, 2.24) is 0 Å². The number of hydrogen-bond acceptors (Lipinski definition) is 1. The van der Waals surface area contributed by atoms with Crippen LogP contribution in [0.25, 0.3) is 0 Å². The third kappa shape index (κ3) is 5.35. The van der Waals surface area contributed by atoms with E-state index in [0.29, 0.717) is 27.2 Å². The van der Waals surface area contributed by atoms with Crippen molar-refractivity contribution in [3.63, 3.8) is 0 Å². The van der Waals surface area contributed by atoms with Crippen LogP contribution < -0.4 is 0 Å². The van der Waals surface area contributed by atoms with Crippen molar-refractivity contribution in [3.05, 3.63) is 0 Å². The van der Waals surface area contributed by atoms with Gasteiger partial charge in [-0.3, -0.25) is 4.79 Å². The SMILES string of the molecule is CCCC(=O)C[S+](C(C)C)C(C)C. The molecule has 0 unspecified atom stereocenters. The molecule has 0 rings (SSSR count). The van der Waals surface area contributed by atoms with E-state index in [9.17, 15) is 4.79 Å². The molecule has 0 aliphatic carbocycles. The van der Waals surface area contributed by atoms with Crippen molar-refractivity contribution in [1.29, 1.82) is 0 Å². The van der Waals surface area contributed by atoms with Gasteiger partial charge in [0, 0.05) is 6.42 Å². The van der Waals surface area contributed by atoms with Crippen LogP contribution in [-0.4, -0.2) is 22.0 Å². The first-order valence-electron chi connectivity index (χ1n) is 5.19. The maximum Gasteiger partial charge on any atom is 0.181 e. The van der Waals surface area contributed by atoms with E-state index >= 15 is 0 Å². The van der Waals surface area contributed by atoms with Crippen molar-refractivity contribution in [2.24, 2.45) is 0 Å². The first-order chi connectivity index (χ1) is 5.99. The van der Waals surface area contributed by atoms with Crippen LogP contribution in [0.1, 0.15) is 47.5 Å². The van der Waals surface area contributed by atoms with Gasteiger partial charge in [0.25, 0.3) is 0 Å². The lowest BCUT2D eigenvalue weighted by Gasteiger charge is -2.14. The van der Waals surface area contributed by atoms with Gasteiger partial charge in [-0.1, -0.05) is 6.92 Å². The Morgan fingerprint density at radius 3 is 1.92 bits per heavy atom. The molecule has 0 radical (unpaired) electrons. The van der Waals surface area contributed by atoms with E-state index in [4.69, 9.17) is 0 Å². The van der Waals surface area contributed by atoms with Crippen molar-refractivity contribution in [2.45, 2.75) is 58.0 Å². The fourth-order valence-corrected chi connectivity index (χ4v) is 3.69. The summed E-state index contributed by atoms with van der Waals surface area (Å²) in [5.41, 5.74) is 0. The van der Waals surface area contributed by atoms with Gasteiger partial charge in [-0.25, -0.2) is 0 Å². The number of rotatable bonds is 6. The van der Waals surface area contributed by atoms with Gasteiger partial charge >= 0.3 is 0 Å². The van der Waals surface area contributed by atoms with E-state index < -0.39 is 0 Å². The second-order valence-electron chi connectivity index (χ2n) is 4.00. The highest BCUT2D eigenvalue weighted by Gasteiger charge is 2.29. The zero-order valence-corrected chi connectivity index (χ0v) is 10.4. The lowest BCUT2D eigenvalue weighted by molar-refractivity contribution is -0.116. The first-order valence-corrected chi connectivity index (χ1v) is 6.71. The maximum atomic E-state index is 11.5. The predicted molar refractivity (Wildman–Crippen MR) is 62.4 cm³/mol. The molecule has 0 bridgehead atoms. The van der Waals surface area contributed by atoms with E-state index in [-0.39, 0.29) is 0 Å². The molecule has 0 aliphatic rings. The molecule has 0 N–H and O–H groups in total. The van der Waals surface area contributed by atoms with Gasteiger partial charge in [0.1, 0.15) is 10.5 Å². The minimum absolute atomic E-state index is 0.291. The zero-order valence-electron chi connectivity index (χ0n) is 9.59. The summed E-state index contributed by atoms with van der Waals surface area (Å²) in [7, 11) is 0.291. The number of carbonyl (C=O) groups is 1. The van der Waals surface area contributed by atoms with Gasteiger partial charge in [0.15, 0.2) is 11.5 Å². The lowest BCUT2D eigenvalue weighted by Crippen LogP contribution is -2.31. The van der Waals surface area contributed by atoms with Crippen molar-refractivity contribution in [3.8, 4) is 0 Å². The van der Waals surface area contributed by atoms with Gasteiger partial charge in [-0.05, 0) is 45.0 Å². The minimum atomic E-state index is 0.291. The Hall–Kier alpha value is 0.0200. The Balaban J connectivity index is 4.02. The van der Waals surface area contributed by atoms with Crippen LogP contribution in [0, 0.1) is 0 Å². The Morgan fingerprint density at radius 1 is 1.15 bits per heavy atom. The second kappa shape index (κ2) is 6.47. The van der Waals surface area contributed by atoms with Crippen molar-refractivity contribution >= 4 is 16.7 Å². The summed E-state index contributed by atoms with van der Waals surface area (Å²) in [6, 6.07) is 0. The van der Waals surface area contributed by atoms with E-state index in [0.717, 1.165) is 18.6 Å². The average molecular weight is 203 g/mol. The van der Waals surface area contributed by atoms with Crippen LogP contribution in [0.5, 0.6) is 0 Å². The average Bonchev–Trinajstić information content (AvgIpc) is 1.99. The summed E-state index contributed by atoms with van der Waals surface area (Å²) >= 11 is 0. The van der Waals surface area contributed by atoms with Crippen LogP contribution in [0.15, 0.2) is 0 Å². The monoisotopic (exact) mass is 203 g/mol. The van der Waals surface area contributed by atoms with Crippen LogP contribution >= 0.6 is 0 Å². The van der Waals surface area contributed by atoms with Crippen LogP contribution in [0.3, 0.4) is 0 Å². The molecule has 2 heteroatoms. The Morgan fingerprint density at radius 2 is 1.62 bits per heavy atom. The molecule has 0 aliphatic heterocycles. The van der Waals surface area contributed by atoms with Crippen LogP contribution in [-0.2, 0) is 15.7 Å². The topological polar surface area (TPSA) is 17.1 Å². The molecule has 0 fully saturated rings. The Labute approximate surface area is 85.6 Å². The number of Topliss-reactive ketones (excluding diaryl/α,β-unsaturated/α-hetero) is 1. The van der Waals surface area contributed by atoms with E-state index in [1.165, 1.54) is 0 Å². The van der Waals surface area contributed by atoms with Crippen LogP contribution in [0.2, 0.25) is 0 Å². The number of carbonyl (C=O) groups excluding carboxylic acids is 1. The molecule has 0 atom stereocenters. The highest BCUT2D eigenvalue weighted by molar-refractivity contribution is 7.98. The van der Waals surface area contributed by atoms with Crippen molar-refractivity contribution in [2.75, 3.05) is 5.75 Å². The Bertz CT molecular complexity index is 144. The standard InChI is InChI=1S/C11H23OS/c1-6-7-11(12)8-13(9(2)3)10(4)5/h9-10H,6-8H2,1-5H3/q+1. The van der Waals surface area contributed by atoms with E-state index in [1.807, 2.05) is 0 Å². The van der Waals surface area contributed by atoms with Crippen LogP contribution in [0.4, 0.5) is 0 Å². The third-order valence-corrected chi connectivity index (χ3v) is 5.14. The first kappa shape index (κ1) is 13.0. The summed E-state index contributed by atoms with van der Waals surface area (Å²) in [6.45, 7) is 11.0. The minimum Gasteiger partial charge on any atom is -0.294 e. The molecule has 0 spiro atoms. The highest BCUT2D eigenvalue weighted by Crippen LogP contribution is 2.13. The molecule has 0 aromatic rings. The lowest BCUT2D eigenvalue weighted by atomic mass is 10.3. The molecule has 0 saturated heterocycles. The van der Waals surface area contributed by atoms with E-state index in [2.05, 4.69) is 34.6 Å². The molecule has 78 valence electrons. The molecule has 0 aromatic heterocycles. The molecular weight excluding hydrogens is 180 g/mol. The largest absolute Gasteiger partial charge is 0.294 e. The Kier molecular flexibility index (Phi) is 6.48. The van der Waals surface area contributed by atoms with E-state index in [1.54, 1.807) is 0 Å². The molecular formula is C11H23OS+. The fourth-order valence-electron chi connectivity index (χ4n) is 1.41. The summed E-state index contributed by atoms with van der Waals surface area (Å²) in [4.78, 5) is 11.5. The summed E-state index contributed by atoms with van der Waals surface area (Å²) in [6.07, 6.45) is 1.76. The van der Waals surface area contributed by atoms with Crippen molar-refractivity contribution < 1.29 is 4.79 Å². The van der Waals surface area contributed by atoms with Gasteiger partial charge in [-0.2, -0.15) is 0 Å². The maximum absolute atomic E-state index is 11.5. The molecule has 0 aromatic carbocycles.